The molecule has 0 aliphatic carbocycles. The fourth-order valence-electron chi connectivity index (χ4n) is 1.62. The van der Waals surface area contributed by atoms with Gasteiger partial charge in [-0.05, 0) is 24.5 Å². The second-order valence-corrected chi connectivity index (χ2v) is 5.81. The van der Waals surface area contributed by atoms with Gasteiger partial charge < -0.3 is 10.6 Å². The maximum absolute atomic E-state index is 12.2. The summed E-state index contributed by atoms with van der Waals surface area (Å²) in [5.74, 6) is -0.0502. The molecular weight excluding hydrogens is 226 g/mol. The topological polar surface area (TPSA) is 59.2 Å². The van der Waals surface area contributed by atoms with E-state index < -0.39 is 6.04 Å². The number of nitrogens with two attached hydrogens (primary N) is 1. The number of aromatic nitrogens is 1. The lowest BCUT2D eigenvalue weighted by molar-refractivity contribution is -0.134. The van der Waals surface area contributed by atoms with Crippen LogP contribution in [-0.4, -0.2) is 28.9 Å². The second kappa shape index (κ2) is 5.48. The van der Waals surface area contributed by atoms with E-state index >= 15 is 0 Å². The first-order chi connectivity index (χ1) is 8.21. The Hall–Kier alpha value is -1.42. The molecule has 4 heteroatoms. The van der Waals surface area contributed by atoms with Crippen molar-refractivity contribution >= 4 is 5.91 Å². The number of likely N-dealkylation sites (N-methyl/N-ethyl adjacent to an activating group) is 1. The monoisotopic (exact) mass is 249 g/mol. The van der Waals surface area contributed by atoms with Crippen LogP contribution in [0.4, 0.5) is 0 Å². The fourth-order valence-corrected chi connectivity index (χ4v) is 1.62. The number of amides is 1. The van der Waals surface area contributed by atoms with Crippen LogP contribution in [0.2, 0.25) is 0 Å². The summed E-state index contributed by atoms with van der Waals surface area (Å²) in [7, 11) is 1.76. The molecule has 18 heavy (non-hydrogen) atoms. The van der Waals surface area contributed by atoms with Crippen molar-refractivity contribution in [1.82, 2.24) is 9.88 Å². The van der Waals surface area contributed by atoms with Gasteiger partial charge in [0.15, 0.2) is 0 Å². The van der Waals surface area contributed by atoms with Crippen LogP contribution >= 0.6 is 0 Å². The molecule has 1 heterocycles. The molecular formula is C14H23N3O. The van der Waals surface area contributed by atoms with Crippen LogP contribution < -0.4 is 5.73 Å². The number of pyridine rings is 1. The normalized spacial score (nSPS) is 13.2. The third-order valence-corrected chi connectivity index (χ3v) is 2.92. The molecule has 1 aromatic rings. The van der Waals surface area contributed by atoms with Crippen LogP contribution in [0.5, 0.6) is 0 Å². The first-order valence-electron chi connectivity index (χ1n) is 6.15. The van der Waals surface area contributed by atoms with Crippen LogP contribution in [0.25, 0.3) is 0 Å². The van der Waals surface area contributed by atoms with Crippen molar-refractivity contribution in [3.05, 3.63) is 29.6 Å². The van der Waals surface area contributed by atoms with E-state index in [0.717, 1.165) is 11.4 Å². The summed E-state index contributed by atoms with van der Waals surface area (Å²) < 4.78 is 0. The average molecular weight is 249 g/mol. The highest BCUT2D eigenvalue weighted by Gasteiger charge is 2.29. The Morgan fingerprint density at radius 2 is 2.06 bits per heavy atom. The van der Waals surface area contributed by atoms with Crippen molar-refractivity contribution in [1.29, 1.82) is 0 Å². The molecule has 0 fully saturated rings. The number of carbonyl (C=O) groups excluding carboxylic acids is 1. The number of rotatable bonds is 3. The highest BCUT2D eigenvalue weighted by Crippen LogP contribution is 2.19. The molecule has 1 rings (SSSR count). The van der Waals surface area contributed by atoms with Crippen molar-refractivity contribution < 1.29 is 4.79 Å². The molecule has 0 aromatic carbocycles. The van der Waals surface area contributed by atoms with E-state index in [0.29, 0.717) is 6.54 Å². The Morgan fingerprint density at radius 1 is 1.44 bits per heavy atom. The smallest absolute Gasteiger partial charge is 0.240 e. The van der Waals surface area contributed by atoms with Crippen LogP contribution in [0, 0.1) is 12.3 Å². The largest absolute Gasteiger partial charge is 0.338 e. The summed E-state index contributed by atoms with van der Waals surface area (Å²) >= 11 is 0. The van der Waals surface area contributed by atoms with Gasteiger partial charge in [-0.15, -0.1) is 0 Å². The SMILES string of the molecule is Cc1cccc(CN(C)C(=O)[C@H](N)C(C)(C)C)n1. The van der Waals surface area contributed by atoms with Crippen molar-refractivity contribution in [3.8, 4) is 0 Å². The van der Waals surface area contributed by atoms with E-state index in [2.05, 4.69) is 4.98 Å². The average Bonchev–Trinajstić information content (AvgIpc) is 2.25. The molecule has 0 radical (unpaired) electrons. The Bertz CT molecular complexity index is 423. The molecule has 0 aliphatic rings. The Kier molecular flexibility index (Phi) is 4.46. The second-order valence-electron chi connectivity index (χ2n) is 5.81. The summed E-state index contributed by atoms with van der Waals surface area (Å²) in [6.45, 7) is 8.33. The minimum absolute atomic E-state index is 0.0502. The van der Waals surface area contributed by atoms with Gasteiger partial charge in [-0.1, -0.05) is 26.8 Å². The number of carbonyl (C=O) groups is 1. The predicted octanol–water partition coefficient (Wildman–Crippen LogP) is 1.72. The van der Waals surface area contributed by atoms with Gasteiger partial charge in [0.05, 0.1) is 18.3 Å². The molecule has 1 amide bonds. The molecule has 2 N–H and O–H groups in total. The first-order valence-corrected chi connectivity index (χ1v) is 6.15. The van der Waals surface area contributed by atoms with E-state index in [4.69, 9.17) is 5.73 Å². The predicted molar refractivity (Wildman–Crippen MR) is 72.9 cm³/mol. The molecule has 0 saturated heterocycles. The van der Waals surface area contributed by atoms with E-state index in [-0.39, 0.29) is 11.3 Å². The molecule has 0 unspecified atom stereocenters. The van der Waals surface area contributed by atoms with E-state index in [1.165, 1.54) is 0 Å². The zero-order valence-electron chi connectivity index (χ0n) is 11.9. The summed E-state index contributed by atoms with van der Waals surface area (Å²) in [5.41, 5.74) is 7.57. The van der Waals surface area contributed by atoms with Gasteiger partial charge in [0, 0.05) is 12.7 Å². The molecule has 0 spiro atoms. The number of hydrogen-bond donors (Lipinski definition) is 1. The zero-order valence-corrected chi connectivity index (χ0v) is 11.9. The maximum atomic E-state index is 12.2. The van der Waals surface area contributed by atoms with Gasteiger partial charge in [-0.3, -0.25) is 9.78 Å². The fraction of sp³-hybridized carbons (Fsp3) is 0.571. The van der Waals surface area contributed by atoms with Crippen LogP contribution in [0.1, 0.15) is 32.2 Å². The lowest BCUT2D eigenvalue weighted by atomic mass is 9.86. The van der Waals surface area contributed by atoms with Crippen molar-refractivity contribution in [2.24, 2.45) is 11.1 Å². The minimum atomic E-state index is -0.493. The lowest BCUT2D eigenvalue weighted by Crippen LogP contribution is -2.49. The van der Waals surface area contributed by atoms with Crippen LogP contribution in [0.3, 0.4) is 0 Å². The van der Waals surface area contributed by atoms with Gasteiger partial charge in [-0.2, -0.15) is 0 Å². The molecule has 100 valence electrons. The highest BCUT2D eigenvalue weighted by molar-refractivity contribution is 5.82. The summed E-state index contributed by atoms with van der Waals surface area (Å²) in [4.78, 5) is 18.2. The summed E-state index contributed by atoms with van der Waals surface area (Å²) in [6.07, 6.45) is 0. The number of aryl methyl sites for hydroxylation is 1. The summed E-state index contributed by atoms with van der Waals surface area (Å²) in [5, 5.41) is 0. The molecule has 1 atom stereocenters. The minimum Gasteiger partial charge on any atom is -0.338 e. The molecule has 1 aromatic heterocycles. The van der Waals surface area contributed by atoms with Crippen molar-refractivity contribution in [2.45, 2.75) is 40.3 Å². The van der Waals surface area contributed by atoms with E-state index in [1.54, 1.807) is 11.9 Å². The maximum Gasteiger partial charge on any atom is 0.240 e. The Balaban J connectivity index is 2.71. The van der Waals surface area contributed by atoms with Gasteiger partial charge >= 0.3 is 0 Å². The van der Waals surface area contributed by atoms with Crippen molar-refractivity contribution in [2.75, 3.05) is 7.05 Å². The molecule has 0 saturated carbocycles. The quantitative estimate of drug-likeness (QED) is 0.887. The third-order valence-electron chi connectivity index (χ3n) is 2.92. The number of hydrogen-bond acceptors (Lipinski definition) is 3. The van der Waals surface area contributed by atoms with Crippen molar-refractivity contribution in [3.63, 3.8) is 0 Å². The third kappa shape index (κ3) is 3.81. The standard InChI is InChI=1S/C14H23N3O/c1-10-7-6-8-11(16-10)9-17(5)13(18)12(15)14(2,3)4/h6-8,12H,9,15H2,1-5H3/t12-/m0/s1. The van der Waals surface area contributed by atoms with Crippen LogP contribution in [-0.2, 0) is 11.3 Å². The van der Waals surface area contributed by atoms with E-state index in [1.807, 2.05) is 45.9 Å². The van der Waals surface area contributed by atoms with Gasteiger partial charge in [0.1, 0.15) is 0 Å². The van der Waals surface area contributed by atoms with Gasteiger partial charge in [-0.25, -0.2) is 0 Å². The summed E-state index contributed by atoms with van der Waals surface area (Å²) in [6, 6.07) is 5.30. The zero-order chi connectivity index (χ0) is 13.9. The lowest BCUT2D eigenvalue weighted by Gasteiger charge is -2.29. The molecule has 4 nitrogen and oxygen atoms in total. The van der Waals surface area contributed by atoms with E-state index in [9.17, 15) is 4.79 Å². The Labute approximate surface area is 109 Å². The number of nitrogens with zero attached hydrogens (tertiary/aromatic N) is 2. The molecule has 0 aliphatic heterocycles. The van der Waals surface area contributed by atoms with Gasteiger partial charge in [0.2, 0.25) is 5.91 Å². The highest BCUT2D eigenvalue weighted by atomic mass is 16.2. The Morgan fingerprint density at radius 3 is 2.56 bits per heavy atom. The molecule has 0 bridgehead atoms. The first kappa shape index (κ1) is 14.6. The van der Waals surface area contributed by atoms with Crippen LogP contribution in [0.15, 0.2) is 18.2 Å². The van der Waals surface area contributed by atoms with Gasteiger partial charge in [0.25, 0.3) is 0 Å².